The van der Waals surface area contributed by atoms with Crippen LogP contribution in [0, 0.1) is 3.57 Å². The van der Waals surface area contributed by atoms with Gasteiger partial charge < -0.3 is 0 Å². The average Bonchev–Trinajstić information content (AvgIpc) is 2.93. The molecule has 23 heavy (non-hydrogen) atoms. The Hall–Kier alpha value is -1.24. The number of aryl methyl sites for hydroxylation is 1. The van der Waals surface area contributed by atoms with E-state index < -0.39 is 17.1 Å². The molecule has 1 N–H and O–H groups in total. The minimum atomic E-state index is -4.58. The maximum atomic E-state index is 12.5. The molecular formula is C12H13F3IN5OS. The zero-order chi connectivity index (χ0) is 17.6. The quantitative estimate of drug-likeness (QED) is 0.699. The van der Waals surface area contributed by atoms with Crippen molar-refractivity contribution in [1.29, 1.82) is 0 Å². The third-order valence-corrected chi connectivity index (χ3v) is 4.71. The second kappa shape index (κ2) is 6.00. The van der Waals surface area contributed by atoms with E-state index in [9.17, 15) is 18.0 Å². The van der Waals surface area contributed by atoms with Gasteiger partial charge in [0.15, 0.2) is 0 Å². The van der Waals surface area contributed by atoms with Gasteiger partial charge in [0.25, 0.3) is 5.91 Å². The SMILES string of the molecule is Cn1nc(C(C)(C)C)c(I)c1C(=O)Nc1nnc(C(F)(F)F)s1. The molecule has 6 nitrogen and oxygen atoms in total. The van der Waals surface area contributed by atoms with Gasteiger partial charge in [-0.1, -0.05) is 32.1 Å². The molecule has 11 heteroatoms. The minimum Gasteiger partial charge on any atom is -0.295 e. The lowest BCUT2D eigenvalue weighted by Gasteiger charge is -2.15. The highest BCUT2D eigenvalue weighted by atomic mass is 127. The molecule has 0 atom stereocenters. The van der Waals surface area contributed by atoms with Crippen molar-refractivity contribution in [2.24, 2.45) is 7.05 Å². The zero-order valence-corrected chi connectivity index (χ0v) is 15.6. The highest BCUT2D eigenvalue weighted by Gasteiger charge is 2.36. The highest BCUT2D eigenvalue weighted by Crippen LogP contribution is 2.33. The zero-order valence-electron chi connectivity index (χ0n) is 12.6. The molecule has 2 aromatic heterocycles. The maximum Gasteiger partial charge on any atom is 0.445 e. The molecule has 2 heterocycles. The molecule has 0 saturated heterocycles. The fraction of sp³-hybridized carbons (Fsp3) is 0.500. The molecule has 0 radical (unpaired) electrons. The van der Waals surface area contributed by atoms with Crippen LogP contribution in [0.3, 0.4) is 0 Å². The van der Waals surface area contributed by atoms with Gasteiger partial charge in [-0.05, 0) is 22.6 Å². The number of anilines is 1. The van der Waals surface area contributed by atoms with Crippen molar-refractivity contribution in [2.75, 3.05) is 5.32 Å². The Bertz CT molecular complexity index is 747. The first-order chi connectivity index (χ1) is 10.4. The summed E-state index contributed by atoms with van der Waals surface area (Å²) in [7, 11) is 1.60. The van der Waals surface area contributed by atoms with Crippen LogP contribution in [0.5, 0.6) is 0 Å². The lowest BCUT2D eigenvalue weighted by atomic mass is 9.92. The Kier molecular flexibility index (Phi) is 4.72. The first-order valence-electron chi connectivity index (χ1n) is 6.36. The molecule has 0 aliphatic heterocycles. The largest absolute Gasteiger partial charge is 0.445 e. The van der Waals surface area contributed by atoms with Gasteiger partial charge in [-0.25, -0.2) is 0 Å². The van der Waals surface area contributed by atoms with Gasteiger partial charge in [0.1, 0.15) is 5.69 Å². The summed E-state index contributed by atoms with van der Waals surface area (Å²) in [4.78, 5) is 12.3. The van der Waals surface area contributed by atoms with E-state index in [2.05, 4.69) is 20.6 Å². The molecule has 126 valence electrons. The van der Waals surface area contributed by atoms with E-state index in [1.165, 1.54) is 4.68 Å². The molecular weight excluding hydrogens is 446 g/mol. The van der Waals surface area contributed by atoms with Crippen LogP contribution in [0.2, 0.25) is 0 Å². The van der Waals surface area contributed by atoms with Gasteiger partial charge in [-0.3, -0.25) is 14.8 Å². The summed E-state index contributed by atoms with van der Waals surface area (Å²) in [6, 6.07) is 0. The molecule has 0 fully saturated rings. The third-order valence-electron chi connectivity index (χ3n) is 2.80. The van der Waals surface area contributed by atoms with Gasteiger partial charge >= 0.3 is 6.18 Å². The third kappa shape index (κ3) is 3.82. The van der Waals surface area contributed by atoms with Crippen molar-refractivity contribution in [3.63, 3.8) is 0 Å². The van der Waals surface area contributed by atoms with E-state index in [0.29, 0.717) is 3.57 Å². The average molecular weight is 459 g/mol. The fourth-order valence-electron chi connectivity index (χ4n) is 1.77. The van der Waals surface area contributed by atoms with Crippen LogP contribution < -0.4 is 5.32 Å². The summed E-state index contributed by atoms with van der Waals surface area (Å²) in [5, 5.41) is 11.7. The number of carbonyl (C=O) groups is 1. The first kappa shape index (κ1) is 18.1. The van der Waals surface area contributed by atoms with E-state index in [1.54, 1.807) is 7.05 Å². The number of rotatable bonds is 2. The Morgan fingerprint density at radius 1 is 1.26 bits per heavy atom. The number of nitrogens with one attached hydrogen (secondary N) is 1. The summed E-state index contributed by atoms with van der Waals surface area (Å²) in [6.07, 6.45) is -4.58. The highest BCUT2D eigenvalue weighted by molar-refractivity contribution is 14.1. The molecule has 0 aromatic carbocycles. The topological polar surface area (TPSA) is 72.7 Å². The number of nitrogens with zero attached hydrogens (tertiary/aromatic N) is 4. The molecule has 0 aliphatic rings. The molecule has 0 aliphatic carbocycles. The van der Waals surface area contributed by atoms with Crippen molar-refractivity contribution in [3.8, 4) is 0 Å². The Balaban J connectivity index is 2.29. The predicted octanol–water partition coefficient (Wildman–Crippen LogP) is 3.44. The van der Waals surface area contributed by atoms with E-state index in [-0.39, 0.29) is 27.6 Å². The van der Waals surface area contributed by atoms with Crippen LogP contribution >= 0.6 is 33.9 Å². The Morgan fingerprint density at radius 2 is 1.87 bits per heavy atom. The summed E-state index contributed by atoms with van der Waals surface area (Å²) < 4.78 is 39.6. The van der Waals surface area contributed by atoms with Crippen LogP contribution in [0.4, 0.5) is 18.3 Å². The smallest absolute Gasteiger partial charge is 0.295 e. The summed E-state index contributed by atoms with van der Waals surface area (Å²) in [5.41, 5.74) is 0.734. The Labute approximate surface area is 147 Å². The van der Waals surface area contributed by atoms with Gasteiger partial charge in [-0.15, -0.1) is 10.2 Å². The fourth-order valence-corrected chi connectivity index (χ4v) is 3.89. The van der Waals surface area contributed by atoms with Crippen LogP contribution in [0.1, 0.15) is 42.0 Å². The summed E-state index contributed by atoms with van der Waals surface area (Å²) >= 11 is 2.28. The second-order valence-corrected chi connectivity index (χ2v) is 7.81. The predicted molar refractivity (Wildman–Crippen MR) is 87.5 cm³/mol. The number of aromatic nitrogens is 4. The van der Waals surface area contributed by atoms with Crippen molar-refractivity contribution in [2.45, 2.75) is 32.4 Å². The van der Waals surface area contributed by atoms with Crippen LogP contribution in [-0.4, -0.2) is 25.9 Å². The normalized spacial score (nSPS) is 12.5. The summed E-state index contributed by atoms with van der Waals surface area (Å²) in [6.45, 7) is 5.87. The van der Waals surface area contributed by atoms with Gasteiger partial charge in [0.2, 0.25) is 10.1 Å². The monoisotopic (exact) mass is 459 g/mol. The number of halogens is 4. The van der Waals surface area contributed by atoms with Crippen molar-refractivity contribution in [1.82, 2.24) is 20.0 Å². The van der Waals surface area contributed by atoms with E-state index in [4.69, 9.17) is 0 Å². The van der Waals surface area contributed by atoms with E-state index in [1.807, 2.05) is 43.4 Å². The van der Waals surface area contributed by atoms with Crippen LogP contribution in [0.15, 0.2) is 0 Å². The molecule has 2 aromatic rings. The molecule has 2 rings (SSSR count). The first-order valence-corrected chi connectivity index (χ1v) is 8.26. The van der Waals surface area contributed by atoms with E-state index in [0.717, 1.165) is 5.69 Å². The number of amides is 1. The van der Waals surface area contributed by atoms with Crippen LogP contribution in [-0.2, 0) is 18.6 Å². The van der Waals surface area contributed by atoms with E-state index >= 15 is 0 Å². The minimum absolute atomic E-state index is 0.211. The Morgan fingerprint density at radius 3 is 2.30 bits per heavy atom. The molecule has 0 saturated carbocycles. The maximum absolute atomic E-state index is 12.5. The number of hydrogen-bond donors (Lipinski definition) is 1. The summed E-state index contributed by atoms with van der Waals surface area (Å²) in [5.74, 6) is -0.579. The molecule has 0 spiro atoms. The molecule has 0 bridgehead atoms. The second-order valence-electron chi connectivity index (χ2n) is 5.75. The number of alkyl halides is 3. The van der Waals surface area contributed by atoms with Crippen molar-refractivity contribution < 1.29 is 18.0 Å². The van der Waals surface area contributed by atoms with Crippen LogP contribution in [0.25, 0.3) is 0 Å². The standard InChI is InChI=1S/C12H13F3IN5OS/c1-11(2,3)7-5(16)6(21(4)20-7)8(22)17-10-19-18-9(23-10)12(13,14)15/h1-4H3,(H,17,19,22). The van der Waals surface area contributed by atoms with Gasteiger partial charge in [0.05, 0.1) is 9.26 Å². The lowest BCUT2D eigenvalue weighted by molar-refractivity contribution is -0.138. The van der Waals surface area contributed by atoms with Gasteiger partial charge in [0, 0.05) is 12.5 Å². The number of carbonyl (C=O) groups excluding carboxylic acids is 1. The number of hydrogen-bond acceptors (Lipinski definition) is 5. The molecule has 0 unspecified atom stereocenters. The van der Waals surface area contributed by atoms with Crippen molar-refractivity contribution in [3.05, 3.63) is 20.0 Å². The lowest BCUT2D eigenvalue weighted by Crippen LogP contribution is -2.17. The van der Waals surface area contributed by atoms with Gasteiger partial charge in [-0.2, -0.15) is 18.3 Å². The molecule has 1 amide bonds. The van der Waals surface area contributed by atoms with Crippen molar-refractivity contribution >= 4 is 45.0 Å².